The minimum atomic E-state index is 0.417. The van der Waals surface area contributed by atoms with Crippen molar-refractivity contribution in [1.29, 1.82) is 0 Å². The van der Waals surface area contributed by atoms with Crippen LogP contribution >= 0.6 is 22.9 Å². The molecule has 80 valence electrons. The molecule has 0 aliphatic carbocycles. The lowest BCUT2D eigenvalue weighted by Crippen LogP contribution is -2.00. The number of nitrogens with two attached hydrogens (primary N) is 1. The fraction of sp³-hybridized carbons (Fsp3) is 0. The average molecular weight is 251 g/mol. The van der Waals surface area contributed by atoms with Crippen molar-refractivity contribution in [3.05, 3.63) is 35.5 Å². The number of hydrogen-bond acceptors (Lipinski definition) is 4. The van der Waals surface area contributed by atoms with Gasteiger partial charge in [-0.2, -0.15) is 9.78 Å². The number of halogens is 1. The van der Waals surface area contributed by atoms with Gasteiger partial charge in [-0.25, -0.2) is 4.98 Å². The molecular weight excluding hydrogens is 244 g/mol. The van der Waals surface area contributed by atoms with Gasteiger partial charge in [0, 0.05) is 0 Å². The number of para-hydroxylation sites is 1. The standard InChI is InChI=1S/C10H7ClN4S/c11-6-5-13-15(9(6)12)10-14-7-3-1-2-4-8(7)16-10/h1-5H,12H2. The van der Waals surface area contributed by atoms with Crippen LogP contribution in [0.2, 0.25) is 5.02 Å². The summed E-state index contributed by atoms with van der Waals surface area (Å²) in [5, 5.41) is 5.26. The van der Waals surface area contributed by atoms with E-state index in [1.807, 2.05) is 24.3 Å². The van der Waals surface area contributed by atoms with Gasteiger partial charge in [0.25, 0.3) is 0 Å². The highest BCUT2D eigenvalue weighted by molar-refractivity contribution is 7.20. The lowest BCUT2D eigenvalue weighted by molar-refractivity contribution is 0.883. The van der Waals surface area contributed by atoms with Crippen LogP contribution in [0.15, 0.2) is 30.5 Å². The summed E-state index contributed by atoms with van der Waals surface area (Å²) in [5.74, 6) is 0.417. The number of anilines is 1. The average Bonchev–Trinajstić information content (AvgIpc) is 2.84. The zero-order chi connectivity index (χ0) is 11.1. The van der Waals surface area contributed by atoms with Crippen molar-refractivity contribution in [2.24, 2.45) is 0 Å². The highest BCUT2D eigenvalue weighted by Crippen LogP contribution is 2.27. The van der Waals surface area contributed by atoms with Gasteiger partial charge in [0.2, 0.25) is 5.13 Å². The number of fused-ring (bicyclic) bond motifs is 1. The fourth-order valence-electron chi connectivity index (χ4n) is 1.44. The minimum Gasteiger partial charge on any atom is -0.382 e. The monoisotopic (exact) mass is 250 g/mol. The second-order valence-corrected chi connectivity index (χ2v) is 4.67. The summed E-state index contributed by atoms with van der Waals surface area (Å²) >= 11 is 7.38. The van der Waals surface area contributed by atoms with Crippen LogP contribution in [0.4, 0.5) is 5.82 Å². The lowest BCUT2D eigenvalue weighted by atomic mass is 10.3. The maximum Gasteiger partial charge on any atom is 0.213 e. The third-order valence-electron chi connectivity index (χ3n) is 2.22. The van der Waals surface area contributed by atoms with Gasteiger partial charge in [-0.15, -0.1) is 0 Å². The Bertz CT molecular complexity index is 625. The molecule has 1 aromatic carbocycles. The Morgan fingerprint density at radius 3 is 2.81 bits per heavy atom. The third-order valence-corrected chi connectivity index (χ3v) is 3.53. The number of rotatable bonds is 1. The smallest absolute Gasteiger partial charge is 0.213 e. The van der Waals surface area contributed by atoms with Crippen LogP contribution in [-0.4, -0.2) is 14.8 Å². The molecule has 3 aromatic rings. The van der Waals surface area contributed by atoms with E-state index in [1.54, 1.807) is 4.68 Å². The Hall–Kier alpha value is -1.59. The lowest BCUT2D eigenvalue weighted by Gasteiger charge is -1.96. The van der Waals surface area contributed by atoms with E-state index in [0.29, 0.717) is 10.8 Å². The highest BCUT2D eigenvalue weighted by Gasteiger charge is 2.11. The Labute approximate surface area is 100 Å². The Morgan fingerprint density at radius 1 is 1.31 bits per heavy atom. The zero-order valence-electron chi connectivity index (χ0n) is 8.09. The molecule has 4 nitrogen and oxygen atoms in total. The van der Waals surface area contributed by atoms with Gasteiger partial charge in [-0.1, -0.05) is 35.1 Å². The molecule has 0 saturated heterocycles. The summed E-state index contributed by atoms with van der Waals surface area (Å²) in [6, 6.07) is 7.89. The SMILES string of the molecule is Nc1c(Cl)cnn1-c1nc2ccccc2s1. The largest absolute Gasteiger partial charge is 0.382 e. The molecule has 0 aliphatic heterocycles. The van der Waals surface area contributed by atoms with Crippen LogP contribution in [0.5, 0.6) is 0 Å². The van der Waals surface area contributed by atoms with E-state index >= 15 is 0 Å². The molecular formula is C10H7ClN4S. The van der Waals surface area contributed by atoms with Crippen molar-refractivity contribution in [3.8, 4) is 5.13 Å². The first kappa shape index (κ1) is 9.62. The predicted molar refractivity (Wildman–Crippen MR) is 66.2 cm³/mol. The van der Waals surface area contributed by atoms with Gasteiger partial charge in [0.1, 0.15) is 10.8 Å². The van der Waals surface area contributed by atoms with Gasteiger partial charge in [0.05, 0.1) is 16.4 Å². The van der Waals surface area contributed by atoms with Crippen LogP contribution in [0.3, 0.4) is 0 Å². The second-order valence-electron chi connectivity index (χ2n) is 3.25. The van der Waals surface area contributed by atoms with E-state index in [9.17, 15) is 0 Å². The van der Waals surface area contributed by atoms with E-state index in [0.717, 1.165) is 15.3 Å². The summed E-state index contributed by atoms with van der Waals surface area (Å²) in [4.78, 5) is 4.44. The van der Waals surface area contributed by atoms with Crippen molar-refractivity contribution in [2.75, 3.05) is 5.73 Å². The molecule has 0 amide bonds. The molecule has 0 aliphatic rings. The van der Waals surface area contributed by atoms with Gasteiger partial charge >= 0.3 is 0 Å². The van der Waals surface area contributed by atoms with Gasteiger partial charge in [0.15, 0.2) is 0 Å². The number of benzene rings is 1. The van der Waals surface area contributed by atoms with E-state index in [1.165, 1.54) is 17.5 Å². The number of nitrogens with zero attached hydrogens (tertiary/aromatic N) is 3. The van der Waals surface area contributed by atoms with Crippen LogP contribution in [-0.2, 0) is 0 Å². The normalized spacial score (nSPS) is 11.1. The fourth-order valence-corrected chi connectivity index (χ4v) is 2.50. The van der Waals surface area contributed by atoms with Crippen molar-refractivity contribution >= 4 is 39.0 Å². The molecule has 0 saturated carbocycles. The van der Waals surface area contributed by atoms with Gasteiger partial charge < -0.3 is 5.73 Å². The molecule has 0 bridgehead atoms. The van der Waals surface area contributed by atoms with Gasteiger partial charge in [-0.3, -0.25) is 0 Å². The zero-order valence-corrected chi connectivity index (χ0v) is 9.66. The van der Waals surface area contributed by atoms with Crippen LogP contribution in [0.25, 0.3) is 15.3 Å². The maximum absolute atomic E-state index is 5.85. The van der Waals surface area contributed by atoms with Crippen LogP contribution in [0.1, 0.15) is 0 Å². The topological polar surface area (TPSA) is 56.7 Å². The molecule has 16 heavy (non-hydrogen) atoms. The van der Waals surface area contributed by atoms with Crippen molar-refractivity contribution < 1.29 is 0 Å². The first-order valence-electron chi connectivity index (χ1n) is 4.60. The molecule has 0 spiro atoms. The summed E-state index contributed by atoms with van der Waals surface area (Å²) in [6.07, 6.45) is 1.52. The molecule has 3 rings (SSSR count). The van der Waals surface area contributed by atoms with Crippen LogP contribution < -0.4 is 5.73 Å². The molecule has 2 heterocycles. The quantitative estimate of drug-likeness (QED) is 0.723. The third kappa shape index (κ3) is 1.36. The molecule has 2 aromatic heterocycles. The van der Waals surface area contributed by atoms with Gasteiger partial charge in [-0.05, 0) is 12.1 Å². The van der Waals surface area contributed by atoms with Crippen molar-refractivity contribution in [1.82, 2.24) is 14.8 Å². The van der Waals surface area contributed by atoms with Crippen LogP contribution in [0, 0.1) is 0 Å². The molecule has 0 radical (unpaired) electrons. The number of thiazole rings is 1. The summed E-state index contributed by atoms with van der Waals surface area (Å²) in [6.45, 7) is 0. The van der Waals surface area contributed by atoms with E-state index in [-0.39, 0.29) is 0 Å². The van der Waals surface area contributed by atoms with E-state index in [4.69, 9.17) is 17.3 Å². The minimum absolute atomic E-state index is 0.417. The summed E-state index contributed by atoms with van der Waals surface area (Å²) in [5.41, 5.74) is 6.73. The first-order chi connectivity index (χ1) is 7.75. The number of aromatic nitrogens is 3. The Balaban J connectivity index is 2.23. The van der Waals surface area contributed by atoms with Crippen molar-refractivity contribution in [2.45, 2.75) is 0 Å². The maximum atomic E-state index is 5.85. The molecule has 6 heteroatoms. The van der Waals surface area contributed by atoms with E-state index in [2.05, 4.69) is 10.1 Å². The highest BCUT2D eigenvalue weighted by atomic mass is 35.5. The molecule has 2 N–H and O–H groups in total. The van der Waals surface area contributed by atoms with Crippen molar-refractivity contribution in [3.63, 3.8) is 0 Å². The van der Waals surface area contributed by atoms with E-state index < -0.39 is 0 Å². The first-order valence-corrected chi connectivity index (χ1v) is 5.80. The second kappa shape index (κ2) is 3.47. The number of nitrogen functional groups attached to an aromatic ring is 1. The Kier molecular flexibility index (Phi) is 2.08. The number of hydrogen-bond donors (Lipinski definition) is 1. The molecule has 0 fully saturated rings. The molecule has 0 unspecified atom stereocenters. The summed E-state index contributed by atoms with van der Waals surface area (Å²) in [7, 11) is 0. The predicted octanol–water partition coefficient (Wildman–Crippen LogP) is 2.72. The molecule has 0 atom stereocenters. The Morgan fingerprint density at radius 2 is 2.12 bits per heavy atom. The summed E-state index contributed by atoms with van der Waals surface area (Å²) < 4.78 is 2.65.